The van der Waals surface area contributed by atoms with Crippen molar-refractivity contribution in [3.8, 4) is 12.3 Å². The van der Waals surface area contributed by atoms with E-state index in [1.54, 1.807) is 0 Å². The van der Waals surface area contributed by atoms with E-state index in [1.165, 1.54) is 0 Å². The van der Waals surface area contributed by atoms with Gasteiger partial charge in [0.1, 0.15) is 0 Å². The molecular formula is C6H8O2. The highest BCUT2D eigenvalue weighted by Crippen LogP contribution is 1.91. The molecule has 0 saturated heterocycles. The van der Waals surface area contributed by atoms with E-state index >= 15 is 0 Å². The molecule has 2 nitrogen and oxygen atoms in total. The zero-order valence-electron chi connectivity index (χ0n) is 4.76. The number of rotatable bonds is 3. The van der Waals surface area contributed by atoms with E-state index in [9.17, 15) is 4.79 Å². The van der Waals surface area contributed by atoms with E-state index in [0.717, 1.165) is 0 Å². The van der Waals surface area contributed by atoms with Crippen molar-refractivity contribution in [1.29, 1.82) is 0 Å². The number of carbonyl (C=O) groups excluding carboxylic acids is 1. The van der Waals surface area contributed by atoms with Crippen molar-refractivity contribution >= 4 is 6.47 Å². The Morgan fingerprint density at radius 2 is 2.62 bits per heavy atom. The van der Waals surface area contributed by atoms with Crippen LogP contribution in [0, 0.1) is 12.3 Å². The fourth-order valence-corrected chi connectivity index (χ4v) is 0.320. The molecule has 0 aliphatic heterocycles. The predicted molar refractivity (Wildman–Crippen MR) is 30.1 cm³/mol. The molecule has 0 aliphatic carbocycles. The van der Waals surface area contributed by atoms with Crippen LogP contribution < -0.4 is 0 Å². The van der Waals surface area contributed by atoms with Gasteiger partial charge in [-0.3, -0.25) is 4.79 Å². The van der Waals surface area contributed by atoms with Crippen molar-refractivity contribution in [3.05, 3.63) is 0 Å². The molecule has 0 N–H and O–H groups in total. The molecular weight excluding hydrogens is 104 g/mol. The number of carbonyl (C=O) groups is 1. The summed E-state index contributed by atoms with van der Waals surface area (Å²) in [6.45, 7) is 2.22. The number of terminal acetylenes is 1. The summed E-state index contributed by atoms with van der Waals surface area (Å²) in [4.78, 5) is 9.62. The van der Waals surface area contributed by atoms with Gasteiger partial charge < -0.3 is 4.74 Å². The van der Waals surface area contributed by atoms with Crippen molar-refractivity contribution in [1.82, 2.24) is 0 Å². The minimum absolute atomic E-state index is 0.340. The second-order valence-electron chi connectivity index (χ2n) is 1.30. The molecule has 0 radical (unpaired) electrons. The maximum Gasteiger partial charge on any atom is 0.294 e. The Bertz CT molecular complexity index is 102. The Morgan fingerprint density at radius 1 is 2.00 bits per heavy atom. The maximum absolute atomic E-state index is 9.62. The average Bonchev–Trinajstić information content (AvgIpc) is 1.83. The second kappa shape index (κ2) is 4.20. The summed E-state index contributed by atoms with van der Waals surface area (Å²) in [5, 5.41) is 0. The van der Waals surface area contributed by atoms with E-state index in [0.29, 0.717) is 12.9 Å². The normalized spacial score (nSPS) is 11.5. The van der Waals surface area contributed by atoms with Crippen molar-refractivity contribution in [2.75, 3.05) is 0 Å². The zero-order chi connectivity index (χ0) is 6.41. The lowest BCUT2D eigenvalue weighted by Crippen LogP contribution is -2.06. The monoisotopic (exact) mass is 112 g/mol. The quantitative estimate of drug-likeness (QED) is 0.394. The van der Waals surface area contributed by atoms with Crippen LogP contribution in [0.5, 0.6) is 0 Å². The van der Waals surface area contributed by atoms with Gasteiger partial charge in [-0.15, -0.1) is 6.42 Å². The van der Waals surface area contributed by atoms with Gasteiger partial charge in [-0.25, -0.2) is 0 Å². The minimum Gasteiger partial charge on any atom is -0.451 e. The molecule has 0 fully saturated rings. The molecule has 1 atom stereocenters. The molecule has 0 amide bonds. The predicted octanol–water partition coefficient (Wildman–Crippen LogP) is 0.571. The van der Waals surface area contributed by atoms with Gasteiger partial charge in [-0.05, 0) is 6.42 Å². The summed E-state index contributed by atoms with van der Waals surface area (Å²) in [7, 11) is 0. The van der Waals surface area contributed by atoms with Gasteiger partial charge in [0.05, 0.1) is 0 Å². The molecule has 0 aromatic rings. The van der Waals surface area contributed by atoms with Crippen LogP contribution in [0.3, 0.4) is 0 Å². The molecule has 0 heterocycles. The molecule has 0 aromatic carbocycles. The average molecular weight is 112 g/mol. The van der Waals surface area contributed by atoms with Crippen molar-refractivity contribution < 1.29 is 9.53 Å². The van der Waals surface area contributed by atoms with Crippen LogP contribution in [-0.2, 0) is 9.53 Å². The van der Waals surface area contributed by atoms with E-state index in [-0.39, 0.29) is 6.10 Å². The molecule has 0 bridgehead atoms. The number of ether oxygens (including phenoxy) is 1. The molecule has 2 heteroatoms. The summed E-state index contributed by atoms with van der Waals surface area (Å²) in [5.74, 6) is 2.30. The Balaban J connectivity index is 3.40. The lowest BCUT2D eigenvalue weighted by Gasteiger charge is -2.01. The first-order chi connectivity index (χ1) is 3.85. The third-order valence-electron chi connectivity index (χ3n) is 0.777. The second-order valence-corrected chi connectivity index (χ2v) is 1.30. The topological polar surface area (TPSA) is 26.3 Å². The van der Waals surface area contributed by atoms with Gasteiger partial charge in [-0.1, -0.05) is 12.8 Å². The molecule has 8 heavy (non-hydrogen) atoms. The number of hydrogen-bond donors (Lipinski definition) is 0. The Hall–Kier alpha value is -0.970. The van der Waals surface area contributed by atoms with Crippen LogP contribution in [0.1, 0.15) is 13.3 Å². The molecule has 0 spiro atoms. The summed E-state index contributed by atoms with van der Waals surface area (Å²) >= 11 is 0. The van der Waals surface area contributed by atoms with E-state index < -0.39 is 0 Å². The number of hydrogen-bond acceptors (Lipinski definition) is 2. The molecule has 1 unspecified atom stereocenters. The van der Waals surface area contributed by atoms with E-state index in [2.05, 4.69) is 10.7 Å². The van der Waals surface area contributed by atoms with Gasteiger partial charge in [0.15, 0.2) is 6.10 Å². The fourth-order valence-electron chi connectivity index (χ4n) is 0.320. The Labute approximate surface area is 48.8 Å². The van der Waals surface area contributed by atoms with Crippen LogP contribution in [0.4, 0.5) is 0 Å². The molecule has 44 valence electrons. The zero-order valence-corrected chi connectivity index (χ0v) is 4.76. The summed E-state index contributed by atoms with van der Waals surface area (Å²) in [6.07, 6.45) is 5.27. The maximum atomic E-state index is 9.62. The van der Waals surface area contributed by atoms with Crippen molar-refractivity contribution in [2.24, 2.45) is 0 Å². The van der Waals surface area contributed by atoms with Crippen molar-refractivity contribution in [3.63, 3.8) is 0 Å². The van der Waals surface area contributed by atoms with Crippen LogP contribution in [0.25, 0.3) is 0 Å². The van der Waals surface area contributed by atoms with Gasteiger partial charge in [0.25, 0.3) is 6.47 Å². The van der Waals surface area contributed by atoms with Crippen LogP contribution in [0.2, 0.25) is 0 Å². The third kappa shape index (κ3) is 2.25. The standard InChI is InChI=1S/C6H8O2/c1-3-6(4-2)8-5-7/h1,5-6H,4H2,2H3. The lowest BCUT2D eigenvalue weighted by molar-refractivity contribution is -0.131. The fraction of sp³-hybridized carbons (Fsp3) is 0.500. The summed E-state index contributed by atoms with van der Waals surface area (Å²) in [5.41, 5.74) is 0. The summed E-state index contributed by atoms with van der Waals surface area (Å²) < 4.78 is 4.42. The van der Waals surface area contributed by atoms with E-state index in [1.807, 2.05) is 6.92 Å². The van der Waals surface area contributed by atoms with Gasteiger partial charge >= 0.3 is 0 Å². The van der Waals surface area contributed by atoms with Crippen LogP contribution in [0.15, 0.2) is 0 Å². The highest BCUT2D eigenvalue weighted by molar-refractivity contribution is 5.38. The molecule has 0 saturated carbocycles. The largest absolute Gasteiger partial charge is 0.451 e. The van der Waals surface area contributed by atoms with E-state index in [4.69, 9.17) is 6.42 Å². The van der Waals surface area contributed by atoms with Gasteiger partial charge in [-0.2, -0.15) is 0 Å². The van der Waals surface area contributed by atoms with Crippen LogP contribution >= 0.6 is 0 Å². The van der Waals surface area contributed by atoms with Gasteiger partial charge in [0.2, 0.25) is 0 Å². The third-order valence-corrected chi connectivity index (χ3v) is 0.777. The van der Waals surface area contributed by atoms with Crippen molar-refractivity contribution in [2.45, 2.75) is 19.4 Å². The Morgan fingerprint density at radius 3 is 2.75 bits per heavy atom. The highest BCUT2D eigenvalue weighted by Gasteiger charge is 1.96. The first-order valence-electron chi connectivity index (χ1n) is 2.40. The molecule has 0 aliphatic rings. The smallest absolute Gasteiger partial charge is 0.294 e. The first-order valence-corrected chi connectivity index (χ1v) is 2.40. The Kier molecular flexibility index (Phi) is 3.69. The first kappa shape index (κ1) is 7.03. The highest BCUT2D eigenvalue weighted by atomic mass is 16.5. The van der Waals surface area contributed by atoms with Crippen LogP contribution in [-0.4, -0.2) is 12.6 Å². The molecule has 0 aromatic heterocycles. The SMILES string of the molecule is C#CC(CC)OC=O. The van der Waals surface area contributed by atoms with Gasteiger partial charge in [0, 0.05) is 0 Å². The summed E-state index contributed by atoms with van der Waals surface area (Å²) in [6, 6.07) is 0. The molecule has 0 rings (SSSR count). The lowest BCUT2D eigenvalue weighted by atomic mass is 10.3. The minimum atomic E-state index is -0.340.